The van der Waals surface area contributed by atoms with Gasteiger partial charge in [0.25, 0.3) is 16.4 Å². The number of nitrogens with one attached hydrogen (secondary N) is 2. The van der Waals surface area contributed by atoms with E-state index in [0.717, 1.165) is 18.4 Å². The molecule has 0 atom stereocenters. The van der Waals surface area contributed by atoms with Crippen molar-refractivity contribution in [2.75, 3.05) is 6.54 Å². The van der Waals surface area contributed by atoms with E-state index >= 15 is 0 Å². The summed E-state index contributed by atoms with van der Waals surface area (Å²) in [6.07, 6.45) is 1.04. The van der Waals surface area contributed by atoms with E-state index in [1.54, 1.807) is 10.8 Å². The van der Waals surface area contributed by atoms with Crippen LogP contribution in [0, 0.1) is 0 Å². The first-order valence-electron chi connectivity index (χ1n) is 5.93. The highest BCUT2D eigenvalue weighted by molar-refractivity contribution is 7.89. The molecule has 1 aliphatic rings. The minimum atomic E-state index is -3.95. The molecule has 5 nitrogen and oxygen atoms in total. The van der Waals surface area contributed by atoms with E-state index in [0.29, 0.717) is 12.6 Å². The second-order valence-electron chi connectivity index (χ2n) is 4.40. The molecule has 0 spiro atoms. The number of rotatable bonds is 7. The van der Waals surface area contributed by atoms with Crippen molar-refractivity contribution < 1.29 is 17.2 Å². The van der Waals surface area contributed by atoms with Gasteiger partial charge in [-0.25, -0.2) is 26.9 Å². The monoisotopic (exact) mass is 291 g/mol. The van der Waals surface area contributed by atoms with Gasteiger partial charge in [0.15, 0.2) is 5.03 Å². The Balaban J connectivity index is 1.95. The van der Waals surface area contributed by atoms with Crippen molar-refractivity contribution in [2.45, 2.75) is 36.9 Å². The van der Waals surface area contributed by atoms with Crippen LogP contribution in [0.1, 0.15) is 18.4 Å². The fourth-order valence-corrected chi connectivity index (χ4v) is 2.40. The molecule has 2 N–H and O–H groups in total. The normalized spacial score (nSPS) is 15.9. The zero-order valence-electron chi connectivity index (χ0n) is 10.1. The maximum absolute atomic E-state index is 12.0. The van der Waals surface area contributed by atoms with Crippen LogP contribution < -0.4 is 10.0 Å². The third kappa shape index (κ3) is 4.48. The number of aromatic nitrogens is 1. The van der Waals surface area contributed by atoms with Crippen LogP contribution in [0.15, 0.2) is 23.4 Å². The lowest BCUT2D eigenvalue weighted by Crippen LogP contribution is -2.29. The summed E-state index contributed by atoms with van der Waals surface area (Å²) in [7, 11) is -3.95. The first kappa shape index (κ1) is 14.3. The molecule has 106 valence electrons. The third-order valence-electron chi connectivity index (χ3n) is 2.67. The lowest BCUT2D eigenvalue weighted by molar-refractivity contribution is 0.153. The topological polar surface area (TPSA) is 71.1 Å². The summed E-state index contributed by atoms with van der Waals surface area (Å²) in [6, 6.07) is 3.49. The van der Waals surface area contributed by atoms with Gasteiger partial charge in [0, 0.05) is 18.8 Å². The van der Waals surface area contributed by atoms with Crippen LogP contribution >= 0.6 is 0 Å². The third-order valence-corrected chi connectivity index (χ3v) is 4.01. The Hall–Kier alpha value is -1.12. The predicted molar refractivity (Wildman–Crippen MR) is 65.3 cm³/mol. The number of hydrogen-bond donors (Lipinski definition) is 2. The van der Waals surface area contributed by atoms with Gasteiger partial charge in [-0.1, -0.05) is 6.07 Å². The van der Waals surface area contributed by atoms with Crippen LogP contribution in [0.2, 0.25) is 0 Å². The summed E-state index contributed by atoms with van der Waals surface area (Å²) in [5.41, 5.74) is 0.861. The van der Waals surface area contributed by atoms with Gasteiger partial charge in [-0.3, -0.25) is 0 Å². The highest BCUT2D eigenvalue weighted by atomic mass is 32.2. The Morgan fingerprint density at radius 2 is 2.11 bits per heavy atom. The van der Waals surface area contributed by atoms with Gasteiger partial charge in [0.1, 0.15) is 0 Å². The van der Waals surface area contributed by atoms with Gasteiger partial charge >= 0.3 is 0 Å². The number of pyridine rings is 1. The van der Waals surface area contributed by atoms with Gasteiger partial charge in [-0.05, 0) is 24.5 Å². The first-order valence-corrected chi connectivity index (χ1v) is 7.42. The summed E-state index contributed by atoms with van der Waals surface area (Å²) in [4.78, 5) is 3.79. The lowest BCUT2D eigenvalue weighted by Gasteiger charge is -2.07. The van der Waals surface area contributed by atoms with Crippen molar-refractivity contribution in [3.8, 4) is 0 Å². The average Bonchev–Trinajstić information content (AvgIpc) is 3.19. The second kappa shape index (κ2) is 5.89. The van der Waals surface area contributed by atoms with Crippen molar-refractivity contribution in [1.82, 2.24) is 15.0 Å². The van der Waals surface area contributed by atoms with E-state index in [9.17, 15) is 17.2 Å². The van der Waals surface area contributed by atoms with E-state index in [1.807, 2.05) is 0 Å². The molecule has 1 aromatic rings. The molecule has 0 saturated heterocycles. The molecule has 1 fully saturated rings. The number of hydrogen-bond acceptors (Lipinski definition) is 4. The van der Waals surface area contributed by atoms with Gasteiger partial charge < -0.3 is 5.32 Å². The largest absolute Gasteiger partial charge is 0.310 e. The number of alkyl halides is 2. The maximum Gasteiger partial charge on any atom is 0.258 e. The first-order chi connectivity index (χ1) is 8.97. The molecule has 1 aliphatic carbocycles. The highest BCUT2D eigenvalue weighted by Gasteiger charge is 2.20. The van der Waals surface area contributed by atoms with Crippen LogP contribution in [0.5, 0.6) is 0 Å². The predicted octanol–water partition coefficient (Wildman–Crippen LogP) is 0.877. The van der Waals surface area contributed by atoms with Crippen molar-refractivity contribution in [3.63, 3.8) is 0 Å². The van der Waals surface area contributed by atoms with Crippen LogP contribution in [0.3, 0.4) is 0 Å². The molecule has 1 aromatic heterocycles. The summed E-state index contributed by atoms with van der Waals surface area (Å²) < 4.78 is 48.9. The number of nitrogens with zero attached hydrogens (tertiary/aromatic N) is 1. The molecule has 2 rings (SSSR count). The highest BCUT2D eigenvalue weighted by Crippen LogP contribution is 2.19. The molecule has 1 saturated carbocycles. The molecule has 0 aromatic carbocycles. The van der Waals surface area contributed by atoms with E-state index < -0.39 is 23.0 Å². The lowest BCUT2D eigenvalue weighted by atomic mass is 10.3. The molecule has 0 unspecified atom stereocenters. The molecule has 0 amide bonds. The Morgan fingerprint density at radius 1 is 1.37 bits per heavy atom. The maximum atomic E-state index is 12.0. The minimum absolute atomic E-state index is 0.247. The van der Waals surface area contributed by atoms with E-state index in [1.165, 1.54) is 12.3 Å². The van der Waals surface area contributed by atoms with Gasteiger partial charge in [-0.2, -0.15) is 0 Å². The SMILES string of the molecule is O=S(=O)(NCC(F)F)c1ccc(CNC2CC2)cn1. The van der Waals surface area contributed by atoms with Crippen LogP contribution in [-0.2, 0) is 16.6 Å². The Morgan fingerprint density at radius 3 is 2.63 bits per heavy atom. The summed E-state index contributed by atoms with van der Waals surface area (Å²) in [5.74, 6) is 0. The molecule has 1 heterocycles. The fourth-order valence-electron chi connectivity index (χ4n) is 1.47. The molecule has 8 heteroatoms. The summed E-state index contributed by atoms with van der Waals surface area (Å²) in [6.45, 7) is -0.280. The van der Waals surface area contributed by atoms with E-state index in [2.05, 4.69) is 10.3 Å². The van der Waals surface area contributed by atoms with Gasteiger partial charge in [0.05, 0.1) is 6.54 Å². The Kier molecular flexibility index (Phi) is 4.43. The van der Waals surface area contributed by atoms with Crippen molar-refractivity contribution in [2.24, 2.45) is 0 Å². The number of halogens is 2. The zero-order valence-corrected chi connectivity index (χ0v) is 11.0. The molecule has 19 heavy (non-hydrogen) atoms. The van der Waals surface area contributed by atoms with Gasteiger partial charge in [0.2, 0.25) is 0 Å². The standard InChI is InChI=1S/C11H15F2N3O2S/c12-10(13)7-16-19(17,18)11-4-1-8(6-15-11)5-14-9-2-3-9/h1,4,6,9-10,14,16H,2-3,5,7H2. The second-order valence-corrected chi connectivity index (χ2v) is 6.12. The quantitative estimate of drug-likeness (QED) is 0.782. The van der Waals surface area contributed by atoms with E-state index in [4.69, 9.17) is 0 Å². The Bertz CT molecular complexity index is 515. The van der Waals surface area contributed by atoms with Crippen molar-refractivity contribution >= 4 is 10.0 Å². The van der Waals surface area contributed by atoms with Crippen LogP contribution in [0.4, 0.5) is 8.78 Å². The average molecular weight is 291 g/mol. The summed E-state index contributed by atoms with van der Waals surface area (Å²) in [5, 5.41) is 3.02. The van der Waals surface area contributed by atoms with Crippen LogP contribution in [-0.4, -0.2) is 32.4 Å². The summed E-state index contributed by atoms with van der Waals surface area (Å²) >= 11 is 0. The molecular formula is C11H15F2N3O2S. The molecule has 0 aliphatic heterocycles. The Labute approximate surface area is 110 Å². The zero-order chi connectivity index (χ0) is 13.9. The molecular weight excluding hydrogens is 276 g/mol. The number of sulfonamides is 1. The minimum Gasteiger partial charge on any atom is -0.310 e. The van der Waals surface area contributed by atoms with Crippen molar-refractivity contribution in [1.29, 1.82) is 0 Å². The van der Waals surface area contributed by atoms with Crippen molar-refractivity contribution in [3.05, 3.63) is 23.9 Å². The van der Waals surface area contributed by atoms with Gasteiger partial charge in [-0.15, -0.1) is 0 Å². The fraction of sp³-hybridized carbons (Fsp3) is 0.545. The molecule has 0 radical (unpaired) electrons. The smallest absolute Gasteiger partial charge is 0.258 e. The van der Waals surface area contributed by atoms with Crippen LogP contribution in [0.25, 0.3) is 0 Å². The molecule has 0 bridgehead atoms. The van der Waals surface area contributed by atoms with E-state index in [-0.39, 0.29) is 5.03 Å².